The molecule has 792 valence electrons. The van der Waals surface area contributed by atoms with Gasteiger partial charge in [0.15, 0.2) is 81.0 Å². The first kappa shape index (κ1) is 119. The van der Waals surface area contributed by atoms with Gasteiger partial charge in [-0.25, -0.2) is 28.8 Å². The number of esters is 6. The van der Waals surface area contributed by atoms with Gasteiger partial charge >= 0.3 is 35.8 Å². The van der Waals surface area contributed by atoms with E-state index in [1.807, 2.05) is 33.5 Å². The van der Waals surface area contributed by atoms with Crippen LogP contribution in [0.5, 0.6) is 11.5 Å². The second-order valence-corrected chi connectivity index (χ2v) is 42.3. The fourth-order valence-electron chi connectivity index (χ4n) is 15.4. The van der Waals surface area contributed by atoms with Gasteiger partial charge in [-0.1, -0.05) is 75.3 Å². The summed E-state index contributed by atoms with van der Waals surface area (Å²) in [6, 6.07) is 13.7. The van der Waals surface area contributed by atoms with Gasteiger partial charge in [0.25, 0.3) is 0 Å². The first-order valence-electron chi connectivity index (χ1n) is 46.4. The Morgan fingerprint density at radius 2 is 0.612 bits per heavy atom. The second kappa shape index (κ2) is 56.0. The molecule has 6 aliphatic heterocycles. The maximum atomic E-state index is 13.3. The Kier molecular flexibility index (Phi) is 48.0. The molecule has 0 radical (unpaired) electrons. The van der Waals surface area contributed by atoms with Crippen molar-refractivity contribution in [1.29, 1.82) is 0 Å². The number of benzene rings is 2. The molecule has 9 rings (SSSR count). The average Bonchev–Trinajstić information content (AvgIpc) is 1.58. The molecule has 0 aromatic heterocycles. The lowest BCUT2D eigenvalue weighted by molar-refractivity contribution is -0.316. The van der Waals surface area contributed by atoms with Crippen molar-refractivity contribution in [1.82, 2.24) is 0 Å². The van der Waals surface area contributed by atoms with Gasteiger partial charge in [0, 0.05) is 5.92 Å². The Morgan fingerprint density at radius 3 is 0.892 bits per heavy atom. The third kappa shape index (κ3) is 34.7. The molecule has 6 saturated heterocycles. The zero-order chi connectivity index (χ0) is 104. The molecule has 1 saturated carbocycles. The lowest BCUT2D eigenvalue weighted by Crippen LogP contribution is -2.62. The number of rotatable bonds is 43. The van der Waals surface area contributed by atoms with E-state index in [-0.39, 0.29) is 89.4 Å². The third-order valence-corrected chi connectivity index (χ3v) is 23.4. The van der Waals surface area contributed by atoms with Crippen molar-refractivity contribution < 1.29 is 213 Å². The van der Waals surface area contributed by atoms with Crippen molar-refractivity contribution in [3.8, 4) is 23.0 Å². The molecule has 6 heterocycles. The topological polar surface area (TPSA) is 585 Å². The highest BCUT2D eigenvalue weighted by Crippen LogP contribution is 2.59. The molecule has 2 aromatic rings. The Hall–Kier alpha value is -6.82. The molecule has 1 aliphatic carbocycles. The van der Waals surface area contributed by atoms with Gasteiger partial charge < -0.3 is 184 Å². The number of aliphatic hydroxyl groups excluding tert-OH is 12. The summed E-state index contributed by atoms with van der Waals surface area (Å²) in [6.07, 6.45) is -44.3. The van der Waals surface area contributed by atoms with E-state index in [0.29, 0.717) is 22.6 Å². The van der Waals surface area contributed by atoms with Crippen LogP contribution in [0.3, 0.4) is 0 Å². The summed E-state index contributed by atoms with van der Waals surface area (Å²) >= 11 is 0. The summed E-state index contributed by atoms with van der Waals surface area (Å²) in [6.45, 7) is 32.7. The van der Waals surface area contributed by atoms with Crippen molar-refractivity contribution in [3.05, 3.63) is 71.3 Å². The lowest BCUT2D eigenvalue weighted by atomic mass is 9.98. The van der Waals surface area contributed by atoms with E-state index in [9.17, 15) is 90.0 Å². The number of carbonyl (C=O) groups excluding carboxylic acids is 6. The molecule has 139 heavy (non-hydrogen) atoms. The summed E-state index contributed by atoms with van der Waals surface area (Å²) in [5, 5.41) is 129. The molecule has 0 spiro atoms. The van der Waals surface area contributed by atoms with Gasteiger partial charge in [-0.15, -0.1) is 5.54 Å². The molecule has 12 N–H and O–H groups in total. The number of aliphatic hydroxyl groups is 12. The minimum absolute atomic E-state index is 0.0512. The fourth-order valence-corrected chi connectivity index (χ4v) is 16.0. The maximum absolute atomic E-state index is 13.3. The summed E-state index contributed by atoms with van der Waals surface area (Å²) in [4.78, 5) is 77.3. The number of ether oxygens (including phenoxy) is 26. The van der Waals surface area contributed by atoms with Gasteiger partial charge in [-0.3, -0.25) is 0 Å². The summed E-state index contributed by atoms with van der Waals surface area (Å²) in [5.74, 6) is -0.632. The number of hydrogen-bond donors (Lipinski definition) is 12. The Balaban J connectivity index is 0.000000284. The zero-order valence-corrected chi connectivity index (χ0v) is 84.1. The van der Waals surface area contributed by atoms with Crippen molar-refractivity contribution in [3.63, 3.8) is 0 Å². The number of allylic oxidation sites excluding steroid dienone is 2. The summed E-state index contributed by atoms with van der Waals surface area (Å²) in [7, 11) is 3.64. The van der Waals surface area contributed by atoms with E-state index in [1.54, 1.807) is 132 Å². The fraction of sp³-hybridized carbons (Fsp3) is 0.766. The van der Waals surface area contributed by atoms with Crippen LogP contribution >= 0.6 is 0 Å². The number of carbonyl (C=O) groups is 6. The van der Waals surface area contributed by atoms with Gasteiger partial charge in [-0.05, 0) is 144 Å². The molecule has 45 heteroatoms. The predicted molar refractivity (Wildman–Crippen MR) is 483 cm³/mol. The molecule has 32 atom stereocenters. The van der Waals surface area contributed by atoms with E-state index in [2.05, 4.69) is 31.4 Å². The standard InChI is InChI=1S/C34H52O15Si.C31H52O14.C29H44O15/c1-19(2)46-28-24(36)25(37)33(48-30(28)31(39)43-14-9-17-50(6,7)8)44-16-15-42-27-23(35)26(38)34(47-20(3)4)49-29(27)32(40)45-18-21-10-12-22(41-5)13-11-21;1-14(2)12-17-18(31(17,7)8)13-41-28(37)25-23(19(32)22(35)30(45-25)43-16(5)6)39-10-11-40-29-21(34)20(33)24(42-15(3)4)26(44-29)27(36)38-9;1-14(2)41-23-19(31)20(32)28(43-25(23)26(34)37-6)39-12-11-38-22-18(30)21(33)29(42-15(3)4)44-24(22)27(35)40-13-16-7-9-17(36-5)10-8-16/h10-13,19-20,23-30,33-38H,14-16,18H2,1-8H3;12,15-26,29-30,32-35H,10-11,13H2,1-9H3;7-10,14-15,18-25,28-33H,11-13H2,1-6H3/t23-,24-,25+,26+,27+,28+,29?,30?,33-,34-;17?,18?,19-,20-,21+,22+,23+,24+,25?,26?,29-,30-;18-,19-,20+,21+,22+,23+,24?,25?,28-,29-/m111/s1. The van der Waals surface area contributed by atoms with E-state index in [1.165, 1.54) is 19.8 Å². The van der Waals surface area contributed by atoms with Crippen LogP contribution in [0.15, 0.2) is 60.2 Å². The van der Waals surface area contributed by atoms with E-state index in [4.69, 9.17) is 123 Å². The Morgan fingerprint density at radius 1 is 0.353 bits per heavy atom. The molecule has 44 nitrogen and oxygen atoms in total. The largest absolute Gasteiger partial charge is 0.497 e. The molecule has 2 aromatic carbocycles. The minimum atomic E-state index is -1.70. The van der Waals surface area contributed by atoms with Crippen LogP contribution < -0.4 is 9.47 Å². The highest BCUT2D eigenvalue weighted by Gasteiger charge is 2.60. The van der Waals surface area contributed by atoms with Crippen molar-refractivity contribution in [2.75, 3.05) is 81.3 Å². The molecule has 0 bridgehead atoms. The van der Waals surface area contributed by atoms with Gasteiger partial charge in [0.1, 0.15) is 143 Å². The van der Waals surface area contributed by atoms with Crippen molar-refractivity contribution >= 4 is 43.9 Å². The average molecular weight is 2010 g/mol. The van der Waals surface area contributed by atoms with Gasteiger partial charge in [-0.2, -0.15) is 0 Å². The van der Waals surface area contributed by atoms with Crippen LogP contribution in [0.25, 0.3) is 0 Å². The normalized spacial score (nSPS) is 33.3. The molecule has 7 aliphatic rings. The zero-order valence-electron chi connectivity index (χ0n) is 83.1. The van der Waals surface area contributed by atoms with E-state index >= 15 is 0 Å². The SMILES string of the molecule is COC(=O)C1O[C@@H](OCCO[C@@H]2C(C(=O)OCC3C(C=C(C)C)C3(C)C)O[C@@H](OC(C)C)[C@@H](O)[C@H]2O)[C@@H](O)[C@@H](O)[C@@H]1OC(C)C.COC(=O)C1O[C@@H](OCCO[C@@H]2C(C(=O)OCc3ccc(OC)cc3)O[C@@H](OC(C)C)[C@@H](O)[C@H]2O)[C@@H](O)[C@@H](O)[C@@H]1OC(C)C.COc1ccc(COC(=O)C2O[C@@H](OC(C)C)[C@@H](O)[C@@H](O)[C@@H]2OCCO[C@@H]2OC(C(=O)OCC#C[Si](C)(C)C)[C@@H](OC(C)C)[C@H](O)[C@@H]2O)cc1. The Labute approximate surface area is 811 Å². The maximum Gasteiger partial charge on any atom is 0.339 e. The van der Waals surface area contributed by atoms with E-state index < -0.39 is 259 Å². The molecular weight excluding hydrogens is 1860 g/mol. The monoisotopic (exact) mass is 2010 g/mol. The molecule has 0 amide bonds. The highest BCUT2D eigenvalue weighted by atomic mass is 28.3. The summed E-state index contributed by atoms with van der Waals surface area (Å²) < 4.78 is 143. The quantitative estimate of drug-likeness (QED) is 0.0108. The first-order chi connectivity index (χ1) is 65.4. The number of hydrogen-bond acceptors (Lipinski definition) is 44. The molecule has 7 fully saturated rings. The third-order valence-electron chi connectivity index (χ3n) is 22.5. The van der Waals surface area contributed by atoms with Crippen LogP contribution in [0.2, 0.25) is 19.6 Å². The lowest BCUT2D eigenvalue weighted by Gasteiger charge is -2.42. The van der Waals surface area contributed by atoms with E-state index in [0.717, 1.165) is 14.2 Å². The first-order valence-corrected chi connectivity index (χ1v) is 49.9. The van der Waals surface area contributed by atoms with Crippen molar-refractivity contribution in [2.45, 2.75) is 364 Å². The predicted octanol–water partition coefficient (Wildman–Crippen LogP) is 0.556. The second-order valence-electron chi connectivity index (χ2n) is 37.5. The van der Waals surface area contributed by atoms with Gasteiger partial charge in [0.2, 0.25) is 0 Å². The van der Waals surface area contributed by atoms with Crippen LogP contribution in [-0.4, -0.2) is 407 Å². The smallest absolute Gasteiger partial charge is 0.339 e. The Bertz CT molecular complexity index is 4140. The van der Waals surface area contributed by atoms with Crippen molar-refractivity contribution in [2.24, 2.45) is 17.3 Å². The number of methoxy groups -OCH3 is 4. The van der Waals surface area contributed by atoms with Crippen LogP contribution in [0, 0.1) is 28.7 Å². The van der Waals surface area contributed by atoms with Crippen LogP contribution in [-0.2, 0) is 156 Å². The summed E-state index contributed by atoms with van der Waals surface area (Å²) in [5.41, 5.74) is 5.53. The molecule has 8 unspecified atom stereocenters. The molecular formula is C94H148O44Si. The highest BCUT2D eigenvalue weighted by molar-refractivity contribution is 6.83. The van der Waals surface area contributed by atoms with Crippen LogP contribution in [0.4, 0.5) is 0 Å². The van der Waals surface area contributed by atoms with Gasteiger partial charge in [0.05, 0.1) is 111 Å². The van der Waals surface area contributed by atoms with Crippen LogP contribution in [0.1, 0.15) is 122 Å². The minimum Gasteiger partial charge on any atom is -0.497 e.